The number of allylic oxidation sites excluding steroid dienone is 1. The van der Waals surface area contributed by atoms with Crippen LogP contribution in [0.2, 0.25) is 5.02 Å². The van der Waals surface area contributed by atoms with Crippen molar-refractivity contribution in [3.8, 4) is 5.75 Å². The van der Waals surface area contributed by atoms with E-state index in [1.165, 1.54) is 17.7 Å². The number of hydrogen-bond donors (Lipinski definition) is 0. The number of benzene rings is 2. The SMILES string of the molecule is CCOC(=O)C1=C(C)N=c2s/c(=C\c3ccc(Sc4ncccn4)c([N+](=O)[O-])c3)c(=O)n2[C@@H]1c1cc(Cl)ccc1OC. The number of hydrogen-bond acceptors (Lipinski definition) is 11. The first kappa shape index (κ1) is 29.2. The van der Waals surface area contributed by atoms with Crippen molar-refractivity contribution >= 4 is 52.4 Å². The van der Waals surface area contributed by atoms with Crippen molar-refractivity contribution in [2.45, 2.75) is 29.9 Å². The topological polar surface area (TPSA) is 139 Å². The maximum atomic E-state index is 13.9. The Bertz CT molecular complexity index is 1920. The predicted molar refractivity (Wildman–Crippen MR) is 158 cm³/mol. The summed E-state index contributed by atoms with van der Waals surface area (Å²) in [5.74, 6) is -0.201. The highest BCUT2D eigenvalue weighted by molar-refractivity contribution is 7.99. The van der Waals surface area contributed by atoms with Crippen LogP contribution < -0.4 is 19.6 Å². The summed E-state index contributed by atoms with van der Waals surface area (Å²) in [6.45, 7) is 3.49. The molecule has 0 spiro atoms. The zero-order chi connectivity index (χ0) is 30.0. The van der Waals surface area contributed by atoms with E-state index >= 15 is 0 Å². The van der Waals surface area contributed by atoms with E-state index in [-0.39, 0.29) is 22.4 Å². The number of carbonyl (C=O) groups is 1. The van der Waals surface area contributed by atoms with Crippen LogP contribution in [-0.2, 0) is 9.53 Å². The summed E-state index contributed by atoms with van der Waals surface area (Å²) in [5.41, 5.74) is 0.874. The van der Waals surface area contributed by atoms with E-state index in [1.807, 2.05) is 0 Å². The Morgan fingerprint density at radius 2 is 2.00 bits per heavy atom. The van der Waals surface area contributed by atoms with Gasteiger partial charge in [-0.1, -0.05) is 29.0 Å². The van der Waals surface area contributed by atoms with Crippen molar-refractivity contribution in [1.29, 1.82) is 0 Å². The lowest BCUT2D eigenvalue weighted by Crippen LogP contribution is -2.40. The molecule has 4 aromatic rings. The van der Waals surface area contributed by atoms with Crippen molar-refractivity contribution in [2.24, 2.45) is 4.99 Å². The molecule has 0 N–H and O–H groups in total. The van der Waals surface area contributed by atoms with Crippen molar-refractivity contribution in [3.05, 3.63) is 112 Å². The van der Waals surface area contributed by atoms with E-state index in [0.29, 0.717) is 42.4 Å². The van der Waals surface area contributed by atoms with Crippen LogP contribution in [0.3, 0.4) is 0 Å². The van der Waals surface area contributed by atoms with Crippen LogP contribution in [0.5, 0.6) is 5.75 Å². The molecule has 0 unspecified atom stereocenters. The molecule has 0 bridgehead atoms. The number of esters is 1. The average Bonchev–Trinajstić information content (AvgIpc) is 3.27. The van der Waals surface area contributed by atoms with Crippen LogP contribution in [0, 0.1) is 10.1 Å². The fraction of sp³-hybridized carbons (Fsp3) is 0.179. The highest BCUT2D eigenvalue weighted by Gasteiger charge is 2.35. The second-order valence-corrected chi connectivity index (χ2v) is 11.3. The molecule has 3 heterocycles. The maximum Gasteiger partial charge on any atom is 0.338 e. The fourth-order valence-corrected chi connectivity index (χ4v) is 6.47. The van der Waals surface area contributed by atoms with Crippen LogP contribution in [0.15, 0.2) is 86.0 Å². The number of nitro benzene ring substituents is 1. The number of carbonyl (C=O) groups excluding carboxylic acids is 1. The first-order valence-electron chi connectivity index (χ1n) is 12.5. The molecule has 2 aromatic carbocycles. The zero-order valence-electron chi connectivity index (χ0n) is 22.4. The molecule has 2 aromatic heterocycles. The molecule has 11 nitrogen and oxygen atoms in total. The summed E-state index contributed by atoms with van der Waals surface area (Å²) in [4.78, 5) is 52.0. The van der Waals surface area contributed by atoms with Crippen molar-refractivity contribution in [3.63, 3.8) is 0 Å². The Kier molecular flexibility index (Phi) is 8.52. The fourth-order valence-electron chi connectivity index (χ4n) is 4.45. The summed E-state index contributed by atoms with van der Waals surface area (Å²) < 4.78 is 12.6. The molecule has 0 radical (unpaired) electrons. The molecule has 42 heavy (non-hydrogen) atoms. The van der Waals surface area contributed by atoms with Crippen LogP contribution in [0.25, 0.3) is 6.08 Å². The number of methoxy groups -OCH3 is 1. The number of fused-ring (bicyclic) bond motifs is 1. The van der Waals surface area contributed by atoms with Crippen molar-refractivity contribution in [1.82, 2.24) is 14.5 Å². The van der Waals surface area contributed by atoms with E-state index in [2.05, 4.69) is 15.0 Å². The largest absolute Gasteiger partial charge is 0.496 e. The minimum Gasteiger partial charge on any atom is -0.496 e. The van der Waals surface area contributed by atoms with Crippen LogP contribution >= 0.6 is 34.7 Å². The summed E-state index contributed by atoms with van der Waals surface area (Å²) in [6.07, 6.45) is 4.66. The number of halogens is 1. The summed E-state index contributed by atoms with van der Waals surface area (Å²) in [7, 11) is 1.48. The number of aromatic nitrogens is 3. The first-order chi connectivity index (χ1) is 20.2. The molecule has 1 aliphatic rings. The molecule has 0 amide bonds. The number of rotatable bonds is 8. The lowest BCUT2D eigenvalue weighted by Gasteiger charge is -2.26. The van der Waals surface area contributed by atoms with Crippen molar-refractivity contribution < 1.29 is 19.2 Å². The molecule has 1 aliphatic heterocycles. The summed E-state index contributed by atoms with van der Waals surface area (Å²) >= 11 is 8.50. The molecule has 5 rings (SSSR count). The van der Waals surface area contributed by atoms with Gasteiger partial charge in [0.1, 0.15) is 11.8 Å². The lowest BCUT2D eigenvalue weighted by atomic mass is 9.95. The van der Waals surface area contributed by atoms with Gasteiger partial charge >= 0.3 is 5.97 Å². The monoisotopic (exact) mass is 623 g/mol. The van der Waals surface area contributed by atoms with Gasteiger partial charge in [-0.05, 0) is 67.6 Å². The Morgan fingerprint density at radius 3 is 2.69 bits per heavy atom. The van der Waals surface area contributed by atoms with Gasteiger partial charge in [0.05, 0.1) is 39.3 Å². The number of thiazole rings is 1. The quantitative estimate of drug-likeness (QED) is 0.122. The normalized spacial score (nSPS) is 14.8. The van der Waals surface area contributed by atoms with Gasteiger partial charge in [-0.2, -0.15) is 0 Å². The molecule has 0 saturated heterocycles. The van der Waals surface area contributed by atoms with Gasteiger partial charge in [-0.15, -0.1) is 0 Å². The highest BCUT2D eigenvalue weighted by atomic mass is 35.5. The second-order valence-electron chi connectivity index (χ2n) is 8.81. The average molecular weight is 624 g/mol. The Balaban J connectivity index is 1.67. The van der Waals surface area contributed by atoms with Gasteiger partial charge in [-0.3, -0.25) is 19.5 Å². The van der Waals surface area contributed by atoms with E-state index in [1.54, 1.807) is 68.7 Å². The van der Waals surface area contributed by atoms with Gasteiger partial charge in [0, 0.05) is 29.0 Å². The Hall–Kier alpha value is -4.33. The van der Waals surface area contributed by atoms with E-state index < -0.39 is 22.5 Å². The van der Waals surface area contributed by atoms with E-state index in [4.69, 9.17) is 21.1 Å². The molecule has 14 heteroatoms. The number of nitrogens with zero attached hydrogens (tertiary/aromatic N) is 5. The van der Waals surface area contributed by atoms with Gasteiger partial charge in [0.25, 0.3) is 11.2 Å². The second kappa shape index (κ2) is 12.3. The predicted octanol–water partition coefficient (Wildman–Crippen LogP) is 4.31. The van der Waals surface area contributed by atoms with Crippen molar-refractivity contribution in [2.75, 3.05) is 13.7 Å². The molecular weight excluding hydrogens is 602 g/mol. The maximum absolute atomic E-state index is 13.9. The first-order valence-corrected chi connectivity index (χ1v) is 14.5. The van der Waals surface area contributed by atoms with Crippen LogP contribution in [0.1, 0.15) is 31.0 Å². The Morgan fingerprint density at radius 1 is 1.24 bits per heavy atom. The minimum absolute atomic E-state index is 0.128. The molecule has 0 fully saturated rings. The van der Waals surface area contributed by atoms with E-state index in [9.17, 15) is 19.7 Å². The molecule has 1 atom stereocenters. The molecule has 0 aliphatic carbocycles. The van der Waals surface area contributed by atoms with Crippen LogP contribution in [-0.4, -0.2) is 39.1 Å². The minimum atomic E-state index is -0.935. The molecule has 0 saturated carbocycles. The lowest BCUT2D eigenvalue weighted by molar-refractivity contribution is -0.387. The standard InChI is InChI=1S/C28H22ClN5O6S2/c1-4-40-26(36)23-15(2)32-28-33(24(23)18-14-17(29)7-8-20(18)39-3)25(35)22(42-28)13-16-6-9-21(19(12-16)34(37)38)41-27-30-10-5-11-31-27/h5-14,24H,4H2,1-3H3/b22-13-/t24-/m1/s1. The molecule has 214 valence electrons. The zero-order valence-corrected chi connectivity index (χ0v) is 24.8. The highest BCUT2D eigenvalue weighted by Crippen LogP contribution is 2.37. The smallest absolute Gasteiger partial charge is 0.338 e. The summed E-state index contributed by atoms with van der Waals surface area (Å²) in [5, 5.41) is 12.7. The van der Waals surface area contributed by atoms with Crippen LogP contribution in [0.4, 0.5) is 5.69 Å². The third kappa shape index (κ3) is 5.71. The van der Waals surface area contributed by atoms with Gasteiger partial charge in [0.2, 0.25) is 0 Å². The van der Waals surface area contributed by atoms with E-state index in [0.717, 1.165) is 23.1 Å². The third-order valence-corrected chi connectivity index (χ3v) is 8.40. The molecular formula is C28H22ClN5O6S2. The Labute approximate surface area is 252 Å². The third-order valence-electron chi connectivity index (χ3n) is 6.22. The summed E-state index contributed by atoms with van der Waals surface area (Å²) in [6, 6.07) is 10.3. The number of nitro groups is 1. The number of ether oxygens (including phenoxy) is 2. The van der Waals surface area contributed by atoms with Gasteiger partial charge in [0.15, 0.2) is 9.96 Å². The van der Waals surface area contributed by atoms with Gasteiger partial charge in [-0.25, -0.2) is 19.8 Å². The van der Waals surface area contributed by atoms with Gasteiger partial charge < -0.3 is 9.47 Å².